The van der Waals surface area contributed by atoms with Crippen molar-refractivity contribution in [1.29, 1.82) is 0 Å². The van der Waals surface area contributed by atoms with Gasteiger partial charge in [0.05, 0.1) is 26.1 Å². The van der Waals surface area contributed by atoms with Crippen LogP contribution in [0.25, 0.3) is 0 Å². The Morgan fingerprint density at radius 2 is 1.19 bits per heavy atom. The summed E-state index contributed by atoms with van der Waals surface area (Å²) < 4.78 is 15.9. The van der Waals surface area contributed by atoms with Crippen molar-refractivity contribution in [3.8, 4) is 0 Å². The van der Waals surface area contributed by atoms with E-state index in [1.807, 2.05) is 13.8 Å². The highest BCUT2D eigenvalue weighted by Gasteiger charge is 2.10. The molecule has 0 amide bonds. The number of esters is 2. The zero-order valence-electron chi connectivity index (χ0n) is 12.6. The van der Waals surface area contributed by atoms with E-state index < -0.39 is 0 Å². The number of carbonyl (C=O) groups is 2. The van der Waals surface area contributed by atoms with Crippen molar-refractivity contribution in [1.82, 2.24) is 0 Å². The molecule has 124 valence electrons. The molecule has 0 aromatic heterocycles. The molecule has 0 saturated heterocycles. The zero-order chi connectivity index (χ0) is 16.1. The molecule has 7 heteroatoms. The standard InChI is InChI=1S/C14H24I2O5/c1-3-11(15)9-13(17)20-7-5-19-6-8-21-14(18)10-12(16)4-2/h11-12H,3-10H2,1-2H3. The van der Waals surface area contributed by atoms with Gasteiger partial charge in [-0.25, -0.2) is 0 Å². The van der Waals surface area contributed by atoms with Crippen LogP contribution in [-0.4, -0.2) is 46.2 Å². The van der Waals surface area contributed by atoms with E-state index in [-0.39, 0.29) is 25.2 Å². The van der Waals surface area contributed by atoms with Crippen LogP contribution in [0.4, 0.5) is 0 Å². The molecule has 0 fully saturated rings. The fourth-order valence-electron chi connectivity index (χ4n) is 1.30. The summed E-state index contributed by atoms with van der Waals surface area (Å²) in [5.74, 6) is -0.391. The largest absolute Gasteiger partial charge is 0.463 e. The number of hydrogen-bond acceptors (Lipinski definition) is 5. The van der Waals surface area contributed by atoms with E-state index in [9.17, 15) is 9.59 Å². The van der Waals surface area contributed by atoms with Gasteiger partial charge in [0.2, 0.25) is 0 Å². The number of ether oxygens (including phenoxy) is 3. The van der Waals surface area contributed by atoms with Gasteiger partial charge < -0.3 is 14.2 Å². The van der Waals surface area contributed by atoms with E-state index in [0.717, 1.165) is 12.8 Å². The first-order valence-corrected chi connectivity index (χ1v) is 9.65. The van der Waals surface area contributed by atoms with Crippen LogP contribution in [0.1, 0.15) is 39.5 Å². The molecule has 0 aromatic carbocycles. The second kappa shape index (κ2) is 14.0. The molecule has 0 rings (SSSR count). The first kappa shape index (κ1) is 21.4. The minimum absolute atomic E-state index is 0.195. The highest BCUT2D eigenvalue weighted by Crippen LogP contribution is 2.11. The maximum atomic E-state index is 11.4. The number of hydrogen-bond donors (Lipinski definition) is 0. The Morgan fingerprint density at radius 3 is 1.52 bits per heavy atom. The lowest BCUT2D eigenvalue weighted by molar-refractivity contribution is -0.146. The van der Waals surface area contributed by atoms with Gasteiger partial charge in [-0.2, -0.15) is 0 Å². The van der Waals surface area contributed by atoms with Crippen molar-refractivity contribution < 1.29 is 23.8 Å². The Labute approximate surface area is 154 Å². The van der Waals surface area contributed by atoms with Gasteiger partial charge in [-0.3, -0.25) is 9.59 Å². The SMILES string of the molecule is CCC(I)CC(=O)OCCOCCOC(=O)CC(I)CC. The number of carbonyl (C=O) groups excluding carboxylic acids is 2. The number of rotatable bonds is 12. The highest BCUT2D eigenvalue weighted by atomic mass is 127. The average molecular weight is 526 g/mol. The molecule has 0 heterocycles. The molecular formula is C14H24I2O5. The van der Waals surface area contributed by atoms with Crippen LogP contribution >= 0.6 is 45.2 Å². The third-order valence-corrected chi connectivity index (χ3v) is 5.29. The van der Waals surface area contributed by atoms with E-state index in [2.05, 4.69) is 45.2 Å². The average Bonchev–Trinajstić information content (AvgIpc) is 2.45. The fourth-order valence-corrected chi connectivity index (χ4v) is 2.02. The molecule has 0 spiro atoms. The van der Waals surface area contributed by atoms with Crippen LogP contribution in [0.3, 0.4) is 0 Å². The predicted molar refractivity (Wildman–Crippen MR) is 98.2 cm³/mol. The third-order valence-electron chi connectivity index (χ3n) is 2.64. The smallest absolute Gasteiger partial charge is 0.306 e. The fraction of sp³-hybridized carbons (Fsp3) is 0.857. The van der Waals surface area contributed by atoms with E-state index in [1.54, 1.807) is 0 Å². The van der Waals surface area contributed by atoms with Gasteiger partial charge in [-0.15, -0.1) is 0 Å². The lowest BCUT2D eigenvalue weighted by atomic mass is 10.2. The summed E-state index contributed by atoms with van der Waals surface area (Å²) in [4.78, 5) is 22.7. The molecule has 0 aliphatic carbocycles. The van der Waals surface area contributed by atoms with Gasteiger partial charge >= 0.3 is 11.9 Å². The molecule has 0 aromatic rings. The lowest BCUT2D eigenvalue weighted by Crippen LogP contribution is -2.17. The molecule has 0 N–H and O–H groups in total. The molecule has 0 aliphatic heterocycles. The monoisotopic (exact) mass is 526 g/mol. The minimum atomic E-state index is -0.195. The van der Waals surface area contributed by atoms with Crippen LogP contribution in [-0.2, 0) is 23.8 Å². The molecule has 0 radical (unpaired) electrons. The van der Waals surface area contributed by atoms with Gasteiger partial charge in [0.1, 0.15) is 13.2 Å². The maximum absolute atomic E-state index is 11.4. The van der Waals surface area contributed by atoms with Gasteiger partial charge in [0.25, 0.3) is 0 Å². The summed E-state index contributed by atoms with van der Waals surface area (Å²) >= 11 is 4.47. The molecule has 5 nitrogen and oxygen atoms in total. The van der Waals surface area contributed by atoms with Crippen LogP contribution in [0.5, 0.6) is 0 Å². The molecule has 0 saturated carbocycles. The van der Waals surface area contributed by atoms with Crippen LogP contribution in [0.2, 0.25) is 0 Å². The van der Waals surface area contributed by atoms with Gasteiger partial charge in [-0.1, -0.05) is 59.0 Å². The van der Waals surface area contributed by atoms with Crippen molar-refractivity contribution in [2.75, 3.05) is 26.4 Å². The first-order valence-electron chi connectivity index (χ1n) is 7.16. The minimum Gasteiger partial charge on any atom is -0.463 e. The summed E-state index contributed by atoms with van der Waals surface area (Å²) in [6.07, 6.45) is 2.77. The Kier molecular flexibility index (Phi) is 14.2. The Balaban J connectivity index is 3.40. The van der Waals surface area contributed by atoms with Crippen molar-refractivity contribution >= 4 is 57.1 Å². The Bertz CT molecular complexity index is 271. The number of alkyl halides is 2. The molecular weight excluding hydrogens is 502 g/mol. The first-order chi connectivity index (χ1) is 9.99. The molecule has 0 bridgehead atoms. The normalized spacial score (nSPS) is 13.5. The summed E-state index contributed by atoms with van der Waals surface area (Å²) in [7, 11) is 0. The summed E-state index contributed by atoms with van der Waals surface area (Å²) in [5, 5.41) is 0. The van der Waals surface area contributed by atoms with Crippen molar-refractivity contribution in [3.63, 3.8) is 0 Å². The second-order valence-corrected chi connectivity index (χ2v) is 8.00. The molecule has 21 heavy (non-hydrogen) atoms. The van der Waals surface area contributed by atoms with E-state index in [1.165, 1.54) is 0 Å². The van der Waals surface area contributed by atoms with Gasteiger partial charge in [-0.05, 0) is 12.8 Å². The van der Waals surface area contributed by atoms with Crippen molar-refractivity contribution in [3.05, 3.63) is 0 Å². The molecule has 0 aliphatic rings. The van der Waals surface area contributed by atoms with E-state index in [0.29, 0.717) is 33.9 Å². The van der Waals surface area contributed by atoms with E-state index >= 15 is 0 Å². The summed E-state index contributed by atoms with van der Waals surface area (Å²) in [6, 6.07) is 0. The van der Waals surface area contributed by atoms with Crippen LogP contribution in [0, 0.1) is 0 Å². The zero-order valence-corrected chi connectivity index (χ0v) is 16.9. The van der Waals surface area contributed by atoms with Gasteiger partial charge in [0.15, 0.2) is 0 Å². The van der Waals surface area contributed by atoms with Gasteiger partial charge in [0, 0.05) is 7.85 Å². The van der Waals surface area contributed by atoms with Crippen molar-refractivity contribution in [2.24, 2.45) is 0 Å². The van der Waals surface area contributed by atoms with Crippen LogP contribution < -0.4 is 0 Å². The van der Waals surface area contributed by atoms with Crippen LogP contribution in [0.15, 0.2) is 0 Å². The maximum Gasteiger partial charge on any atom is 0.306 e. The number of halogens is 2. The molecule has 2 atom stereocenters. The summed E-state index contributed by atoms with van der Waals surface area (Å²) in [5.41, 5.74) is 0. The Morgan fingerprint density at radius 1 is 0.810 bits per heavy atom. The Hall–Kier alpha value is 0.360. The quantitative estimate of drug-likeness (QED) is 0.169. The third kappa shape index (κ3) is 13.7. The molecule has 2 unspecified atom stereocenters. The lowest BCUT2D eigenvalue weighted by Gasteiger charge is -2.09. The van der Waals surface area contributed by atoms with E-state index in [4.69, 9.17) is 14.2 Å². The van der Waals surface area contributed by atoms with Crippen molar-refractivity contribution in [2.45, 2.75) is 47.4 Å². The highest BCUT2D eigenvalue weighted by molar-refractivity contribution is 14.1. The second-order valence-electron chi connectivity index (χ2n) is 4.47. The summed E-state index contributed by atoms with van der Waals surface area (Å²) in [6.45, 7) is 5.21. The predicted octanol–water partition coefficient (Wildman–Crippen LogP) is 3.30. The topological polar surface area (TPSA) is 61.8 Å².